The van der Waals surface area contributed by atoms with Gasteiger partial charge in [0.05, 0.1) is 17.1 Å². The molecule has 1 N–H and O–H groups in total. The molecule has 2 heterocycles. The molecular weight excluding hydrogens is 504 g/mol. The lowest BCUT2D eigenvalue weighted by Gasteiger charge is -2.31. The van der Waals surface area contributed by atoms with E-state index in [0.29, 0.717) is 28.3 Å². The summed E-state index contributed by atoms with van der Waals surface area (Å²) >= 11 is 2.89. The molecule has 2 aliphatic rings. The van der Waals surface area contributed by atoms with Gasteiger partial charge in [-0.05, 0) is 69.4 Å². The number of amides is 1. The molecule has 0 atom stereocenters. The Bertz CT molecular complexity index is 1180. The van der Waals surface area contributed by atoms with Crippen molar-refractivity contribution in [1.82, 2.24) is 4.31 Å². The van der Waals surface area contributed by atoms with Gasteiger partial charge in [-0.1, -0.05) is 18.6 Å². The summed E-state index contributed by atoms with van der Waals surface area (Å²) in [5, 5.41) is 3.58. The van der Waals surface area contributed by atoms with Crippen LogP contribution < -0.4 is 5.32 Å². The summed E-state index contributed by atoms with van der Waals surface area (Å²) in [5.74, 6) is -0.849. The highest BCUT2D eigenvalue weighted by molar-refractivity contribution is 7.99. The third kappa shape index (κ3) is 5.60. The summed E-state index contributed by atoms with van der Waals surface area (Å²) in [6.45, 7) is 2.63. The molecule has 1 amide bonds. The van der Waals surface area contributed by atoms with Crippen LogP contribution in [0.5, 0.6) is 0 Å². The Labute approximate surface area is 215 Å². The van der Waals surface area contributed by atoms with Crippen LogP contribution in [0.25, 0.3) is 0 Å². The summed E-state index contributed by atoms with van der Waals surface area (Å²) in [5.41, 5.74) is 1.53. The third-order valence-corrected chi connectivity index (χ3v) is 10.7. The third-order valence-electron chi connectivity index (χ3n) is 6.65. The number of piperidine rings is 1. The van der Waals surface area contributed by atoms with Gasteiger partial charge < -0.3 is 10.1 Å². The fourth-order valence-electron chi connectivity index (χ4n) is 4.79. The van der Waals surface area contributed by atoms with Crippen molar-refractivity contribution in [2.45, 2.75) is 61.7 Å². The number of nitrogens with one attached hydrogen (secondary N) is 1. The molecule has 0 bridgehead atoms. The van der Waals surface area contributed by atoms with Gasteiger partial charge in [0, 0.05) is 28.8 Å². The minimum Gasteiger partial charge on any atom is -0.462 e. The van der Waals surface area contributed by atoms with E-state index in [1.54, 1.807) is 19.1 Å². The average molecular weight is 537 g/mol. The number of nitrogens with zero attached hydrogens (tertiary/aromatic N) is 1. The first-order chi connectivity index (χ1) is 16.9. The molecule has 0 radical (unpaired) electrons. The molecule has 1 saturated heterocycles. The molecular formula is C25H32N2O5S3. The number of hydrogen-bond acceptors (Lipinski definition) is 7. The van der Waals surface area contributed by atoms with Crippen LogP contribution >= 0.6 is 23.1 Å². The van der Waals surface area contributed by atoms with E-state index in [1.165, 1.54) is 27.4 Å². The van der Waals surface area contributed by atoms with Gasteiger partial charge in [-0.15, -0.1) is 23.1 Å². The standard InChI is InChI=1S/C25H32N2O5S3/c1-3-32-25(29)22-18-9-5-4-6-10-19(18)34-24(22)26-23(28)17-13-15-27(16-14-17)35(30,31)21-12-8-7-11-20(21)33-2/h7-8,11-12,17H,3-6,9-10,13-16H2,1-2H3,(H,26,28). The maximum absolute atomic E-state index is 13.2. The Kier molecular flexibility index (Phi) is 8.57. The van der Waals surface area contributed by atoms with Crippen LogP contribution in [0.2, 0.25) is 0 Å². The smallest absolute Gasteiger partial charge is 0.341 e. The van der Waals surface area contributed by atoms with Crippen molar-refractivity contribution in [3.05, 3.63) is 40.3 Å². The van der Waals surface area contributed by atoms with E-state index in [2.05, 4.69) is 5.32 Å². The van der Waals surface area contributed by atoms with Gasteiger partial charge >= 0.3 is 5.97 Å². The van der Waals surface area contributed by atoms with Gasteiger partial charge in [0.2, 0.25) is 15.9 Å². The summed E-state index contributed by atoms with van der Waals surface area (Å²) in [6, 6.07) is 7.01. The Morgan fingerprint density at radius 1 is 1.14 bits per heavy atom. The number of esters is 1. The van der Waals surface area contributed by atoms with Gasteiger partial charge in [0.25, 0.3) is 0 Å². The minimum absolute atomic E-state index is 0.159. The van der Waals surface area contributed by atoms with Crippen molar-refractivity contribution in [1.29, 1.82) is 0 Å². The SMILES string of the molecule is CCOC(=O)c1c(NC(=O)C2CCN(S(=O)(=O)c3ccccc3SC)CC2)sc2c1CCCCC2. The molecule has 0 saturated carbocycles. The van der Waals surface area contributed by atoms with Gasteiger partial charge in [0.1, 0.15) is 5.00 Å². The number of aryl methyl sites for hydroxylation is 1. The maximum atomic E-state index is 13.2. The number of carbonyl (C=O) groups is 2. The first kappa shape index (κ1) is 26.2. The molecule has 190 valence electrons. The van der Waals surface area contributed by atoms with Crippen LogP contribution in [-0.4, -0.2) is 50.6 Å². The van der Waals surface area contributed by atoms with Crippen LogP contribution in [0.15, 0.2) is 34.1 Å². The molecule has 35 heavy (non-hydrogen) atoms. The van der Waals surface area contributed by atoms with Gasteiger partial charge in [-0.25, -0.2) is 13.2 Å². The van der Waals surface area contributed by atoms with Crippen molar-refractivity contribution in [2.75, 3.05) is 31.3 Å². The van der Waals surface area contributed by atoms with Crippen molar-refractivity contribution >= 4 is 50.0 Å². The minimum atomic E-state index is -3.62. The lowest BCUT2D eigenvalue weighted by Crippen LogP contribution is -2.41. The number of benzene rings is 1. The molecule has 4 rings (SSSR count). The zero-order chi connectivity index (χ0) is 25.0. The maximum Gasteiger partial charge on any atom is 0.341 e. The molecule has 1 aliphatic carbocycles. The summed E-state index contributed by atoms with van der Waals surface area (Å²) < 4.78 is 33.2. The van der Waals surface area contributed by atoms with Gasteiger partial charge in [-0.2, -0.15) is 4.31 Å². The van der Waals surface area contributed by atoms with Crippen LogP contribution in [0.1, 0.15) is 59.8 Å². The van der Waals surface area contributed by atoms with E-state index < -0.39 is 10.0 Å². The fourth-order valence-corrected chi connectivity index (χ4v) is 8.67. The van der Waals surface area contributed by atoms with Crippen LogP contribution in [-0.2, 0) is 32.4 Å². The van der Waals surface area contributed by atoms with Crippen molar-refractivity contribution in [3.63, 3.8) is 0 Å². The Morgan fingerprint density at radius 3 is 2.57 bits per heavy atom. The number of sulfonamides is 1. The predicted octanol–water partition coefficient (Wildman–Crippen LogP) is 4.96. The number of thiophene rings is 1. The van der Waals surface area contributed by atoms with Crippen molar-refractivity contribution < 1.29 is 22.7 Å². The van der Waals surface area contributed by atoms with E-state index in [0.717, 1.165) is 47.4 Å². The fraction of sp³-hybridized carbons (Fsp3) is 0.520. The first-order valence-corrected chi connectivity index (χ1v) is 15.6. The van der Waals surface area contributed by atoms with Crippen molar-refractivity contribution in [3.8, 4) is 0 Å². The highest BCUT2D eigenvalue weighted by Crippen LogP contribution is 2.39. The molecule has 7 nitrogen and oxygen atoms in total. The second kappa shape index (κ2) is 11.5. The second-order valence-electron chi connectivity index (χ2n) is 8.81. The summed E-state index contributed by atoms with van der Waals surface area (Å²) in [7, 11) is -3.62. The Balaban J connectivity index is 1.46. The molecule has 0 spiro atoms. The van der Waals surface area contributed by atoms with E-state index >= 15 is 0 Å². The Hall–Kier alpha value is -1.88. The number of hydrogen-bond donors (Lipinski definition) is 1. The van der Waals surface area contributed by atoms with Crippen LogP contribution in [0, 0.1) is 5.92 Å². The topological polar surface area (TPSA) is 92.8 Å². The van der Waals surface area contributed by atoms with Crippen LogP contribution in [0.3, 0.4) is 0 Å². The molecule has 1 aromatic carbocycles. The number of anilines is 1. The molecule has 1 aliphatic heterocycles. The van der Waals surface area contributed by atoms with Gasteiger partial charge in [-0.3, -0.25) is 4.79 Å². The van der Waals surface area contributed by atoms with E-state index in [-0.39, 0.29) is 37.5 Å². The molecule has 1 fully saturated rings. The predicted molar refractivity (Wildman–Crippen MR) is 140 cm³/mol. The largest absolute Gasteiger partial charge is 0.462 e. The summed E-state index contributed by atoms with van der Waals surface area (Å²) in [4.78, 5) is 28.1. The van der Waals surface area contributed by atoms with E-state index in [1.807, 2.05) is 18.4 Å². The molecule has 2 aromatic rings. The highest BCUT2D eigenvalue weighted by Gasteiger charge is 2.34. The lowest BCUT2D eigenvalue weighted by molar-refractivity contribution is -0.120. The average Bonchev–Trinajstić information content (AvgIpc) is 3.04. The lowest BCUT2D eigenvalue weighted by atomic mass is 9.97. The monoisotopic (exact) mass is 536 g/mol. The highest BCUT2D eigenvalue weighted by atomic mass is 32.2. The zero-order valence-electron chi connectivity index (χ0n) is 20.2. The first-order valence-electron chi connectivity index (χ1n) is 12.1. The zero-order valence-corrected chi connectivity index (χ0v) is 22.6. The number of rotatable bonds is 7. The normalized spacial score (nSPS) is 17.4. The molecule has 0 unspecified atom stereocenters. The van der Waals surface area contributed by atoms with Crippen molar-refractivity contribution in [2.24, 2.45) is 5.92 Å². The van der Waals surface area contributed by atoms with E-state index in [9.17, 15) is 18.0 Å². The van der Waals surface area contributed by atoms with E-state index in [4.69, 9.17) is 4.74 Å². The quantitative estimate of drug-likeness (QED) is 0.306. The number of thioether (sulfide) groups is 1. The molecule has 10 heteroatoms. The number of ether oxygens (including phenoxy) is 1. The Morgan fingerprint density at radius 2 is 1.86 bits per heavy atom. The molecule has 1 aromatic heterocycles. The second-order valence-corrected chi connectivity index (χ2v) is 12.7. The van der Waals surface area contributed by atoms with Crippen LogP contribution in [0.4, 0.5) is 5.00 Å². The number of fused-ring (bicyclic) bond motifs is 1. The van der Waals surface area contributed by atoms with Gasteiger partial charge in [0.15, 0.2) is 0 Å². The summed E-state index contributed by atoms with van der Waals surface area (Å²) in [6.07, 6.45) is 7.71. The number of carbonyl (C=O) groups excluding carboxylic acids is 2.